The fourth-order valence-corrected chi connectivity index (χ4v) is 3.21. The molecule has 1 amide bonds. The molecular weight excluding hydrogens is 314 g/mol. The monoisotopic (exact) mass is 333 g/mol. The summed E-state index contributed by atoms with van der Waals surface area (Å²) in [5, 5.41) is 14.7. The number of carbonyl (C=O) groups excluding carboxylic acids is 1. The minimum Gasteiger partial charge on any atom is -0.393 e. The molecule has 23 heavy (non-hydrogen) atoms. The number of aromatic nitrogens is 2. The van der Waals surface area contributed by atoms with Gasteiger partial charge in [0.05, 0.1) is 29.2 Å². The summed E-state index contributed by atoms with van der Waals surface area (Å²) in [5.41, 5.74) is 2.21. The summed E-state index contributed by atoms with van der Waals surface area (Å²) in [6.45, 7) is 4.93. The first-order chi connectivity index (χ1) is 11.0. The molecule has 1 aromatic carbocycles. The van der Waals surface area contributed by atoms with Crippen molar-refractivity contribution in [1.82, 2.24) is 14.7 Å². The first kappa shape index (κ1) is 16.0. The summed E-state index contributed by atoms with van der Waals surface area (Å²) in [7, 11) is 0. The molecule has 0 spiro atoms. The SMILES string of the molecule is Cc1c(C(=O)N2CCC(C(C)O)C2)cnn1-c1cccc(Cl)c1. The highest BCUT2D eigenvalue weighted by molar-refractivity contribution is 6.30. The quantitative estimate of drug-likeness (QED) is 0.939. The number of rotatable bonds is 3. The Morgan fingerprint density at radius 3 is 2.91 bits per heavy atom. The molecule has 0 radical (unpaired) electrons. The third-order valence-electron chi connectivity index (χ3n) is 4.49. The van der Waals surface area contributed by atoms with E-state index in [-0.39, 0.29) is 17.9 Å². The Kier molecular flexibility index (Phi) is 4.41. The van der Waals surface area contributed by atoms with E-state index in [1.807, 2.05) is 25.1 Å². The van der Waals surface area contributed by atoms with Crippen LogP contribution in [-0.2, 0) is 0 Å². The summed E-state index contributed by atoms with van der Waals surface area (Å²) in [6, 6.07) is 7.37. The molecule has 0 bridgehead atoms. The lowest BCUT2D eigenvalue weighted by molar-refractivity contribution is 0.0761. The second-order valence-electron chi connectivity index (χ2n) is 6.08. The highest BCUT2D eigenvalue weighted by Gasteiger charge is 2.31. The van der Waals surface area contributed by atoms with Gasteiger partial charge in [0.15, 0.2) is 0 Å². The molecule has 2 heterocycles. The van der Waals surface area contributed by atoms with Gasteiger partial charge < -0.3 is 10.0 Å². The minimum atomic E-state index is -0.386. The molecule has 122 valence electrons. The van der Waals surface area contributed by atoms with E-state index in [2.05, 4.69) is 5.10 Å². The van der Waals surface area contributed by atoms with Gasteiger partial charge in [-0.15, -0.1) is 0 Å². The second kappa shape index (κ2) is 6.34. The minimum absolute atomic E-state index is 0.0288. The van der Waals surface area contributed by atoms with Crippen LogP contribution in [0.2, 0.25) is 5.02 Å². The smallest absolute Gasteiger partial charge is 0.257 e. The van der Waals surface area contributed by atoms with E-state index in [9.17, 15) is 9.90 Å². The van der Waals surface area contributed by atoms with Crippen LogP contribution in [0.4, 0.5) is 0 Å². The van der Waals surface area contributed by atoms with Crippen molar-refractivity contribution in [2.75, 3.05) is 13.1 Å². The number of amides is 1. The number of aliphatic hydroxyl groups is 1. The van der Waals surface area contributed by atoms with E-state index < -0.39 is 0 Å². The summed E-state index contributed by atoms with van der Waals surface area (Å²) >= 11 is 6.03. The molecule has 1 N–H and O–H groups in total. The maximum atomic E-state index is 12.7. The van der Waals surface area contributed by atoms with Gasteiger partial charge in [-0.3, -0.25) is 4.79 Å². The molecule has 1 aliphatic rings. The van der Waals surface area contributed by atoms with E-state index in [1.54, 1.807) is 28.8 Å². The van der Waals surface area contributed by atoms with E-state index in [1.165, 1.54) is 0 Å². The van der Waals surface area contributed by atoms with Crippen LogP contribution < -0.4 is 0 Å². The van der Waals surface area contributed by atoms with Crippen LogP contribution in [-0.4, -0.2) is 44.9 Å². The van der Waals surface area contributed by atoms with Gasteiger partial charge in [0.2, 0.25) is 0 Å². The van der Waals surface area contributed by atoms with Crippen molar-refractivity contribution in [3.63, 3.8) is 0 Å². The molecule has 1 aromatic heterocycles. The van der Waals surface area contributed by atoms with Gasteiger partial charge in [0.25, 0.3) is 5.91 Å². The maximum absolute atomic E-state index is 12.7. The molecule has 2 aromatic rings. The number of benzene rings is 1. The Balaban J connectivity index is 1.83. The number of aliphatic hydroxyl groups excluding tert-OH is 1. The van der Waals surface area contributed by atoms with Crippen LogP contribution in [0.5, 0.6) is 0 Å². The topological polar surface area (TPSA) is 58.4 Å². The zero-order valence-electron chi connectivity index (χ0n) is 13.2. The number of halogens is 1. The van der Waals surface area contributed by atoms with Gasteiger partial charge in [-0.2, -0.15) is 5.10 Å². The molecule has 1 saturated heterocycles. The summed E-state index contributed by atoms with van der Waals surface area (Å²) in [5.74, 6) is 0.126. The summed E-state index contributed by atoms with van der Waals surface area (Å²) in [6.07, 6.45) is 2.06. The third kappa shape index (κ3) is 3.12. The van der Waals surface area contributed by atoms with Gasteiger partial charge in [0, 0.05) is 24.0 Å². The molecule has 5 nitrogen and oxygen atoms in total. The predicted octanol–water partition coefficient (Wildman–Crippen LogP) is 2.68. The molecular formula is C17H20ClN3O2. The van der Waals surface area contributed by atoms with E-state index >= 15 is 0 Å². The summed E-state index contributed by atoms with van der Waals surface area (Å²) in [4.78, 5) is 14.5. The number of nitrogens with zero attached hydrogens (tertiary/aromatic N) is 3. The molecule has 0 saturated carbocycles. The fourth-order valence-electron chi connectivity index (χ4n) is 3.02. The third-order valence-corrected chi connectivity index (χ3v) is 4.72. The zero-order chi connectivity index (χ0) is 16.6. The molecule has 6 heteroatoms. The molecule has 0 aliphatic carbocycles. The van der Waals surface area contributed by atoms with Crippen LogP contribution in [0.1, 0.15) is 29.4 Å². The number of hydrogen-bond donors (Lipinski definition) is 1. The van der Waals surface area contributed by atoms with Crippen molar-refractivity contribution in [1.29, 1.82) is 0 Å². The van der Waals surface area contributed by atoms with Crippen molar-refractivity contribution in [3.05, 3.63) is 46.7 Å². The maximum Gasteiger partial charge on any atom is 0.257 e. The van der Waals surface area contributed by atoms with Gasteiger partial charge in [0.1, 0.15) is 0 Å². The van der Waals surface area contributed by atoms with Crippen molar-refractivity contribution in [2.45, 2.75) is 26.4 Å². The highest BCUT2D eigenvalue weighted by atomic mass is 35.5. The van der Waals surface area contributed by atoms with Crippen LogP contribution >= 0.6 is 11.6 Å². The van der Waals surface area contributed by atoms with Crippen LogP contribution in [0.25, 0.3) is 5.69 Å². The first-order valence-corrected chi connectivity index (χ1v) is 8.13. The molecule has 1 aliphatic heterocycles. The normalized spacial score (nSPS) is 19.1. The summed E-state index contributed by atoms with van der Waals surface area (Å²) < 4.78 is 1.72. The number of likely N-dealkylation sites (tertiary alicyclic amines) is 1. The molecule has 2 atom stereocenters. The lowest BCUT2D eigenvalue weighted by atomic mass is 10.0. The number of hydrogen-bond acceptors (Lipinski definition) is 3. The van der Waals surface area contributed by atoms with E-state index in [0.29, 0.717) is 23.7 Å². The van der Waals surface area contributed by atoms with E-state index in [0.717, 1.165) is 17.8 Å². The van der Waals surface area contributed by atoms with Crippen LogP contribution in [0, 0.1) is 12.8 Å². The second-order valence-corrected chi connectivity index (χ2v) is 6.51. The Hall–Kier alpha value is -1.85. The first-order valence-electron chi connectivity index (χ1n) is 7.75. The number of carbonyl (C=O) groups is 1. The Morgan fingerprint density at radius 1 is 1.48 bits per heavy atom. The van der Waals surface area contributed by atoms with Crippen molar-refractivity contribution in [2.24, 2.45) is 5.92 Å². The van der Waals surface area contributed by atoms with Gasteiger partial charge >= 0.3 is 0 Å². The van der Waals surface area contributed by atoms with Gasteiger partial charge in [-0.05, 0) is 38.5 Å². The zero-order valence-corrected chi connectivity index (χ0v) is 14.0. The average molecular weight is 334 g/mol. The fraction of sp³-hybridized carbons (Fsp3) is 0.412. The largest absolute Gasteiger partial charge is 0.393 e. The van der Waals surface area contributed by atoms with E-state index in [4.69, 9.17) is 11.6 Å². The average Bonchev–Trinajstić information content (AvgIpc) is 3.13. The lowest BCUT2D eigenvalue weighted by Crippen LogP contribution is -2.30. The standard InChI is InChI=1S/C17H20ClN3O2/c1-11-16(17(23)20-7-6-13(10-20)12(2)22)9-19-21(11)15-5-3-4-14(18)8-15/h3-5,8-9,12-13,22H,6-7,10H2,1-2H3. The molecule has 2 unspecified atom stereocenters. The van der Waals surface area contributed by atoms with Crippen LogP contribution in [0.15, 0.2) is 30.5 Å². The predicted molar refractivity (Wildman–Crippen MR) is 89.0 cm³/mol. The molecule has 3 rings (SSSR count). The molecule has 1 fully saturated rings. The Labute approximate surface area is 140 Å². The van der Waals surface area contributed by atoms with Gasteiger partial charge in [-0.25, -0.2) is 4.68 Å². The van der Waals surface area contributed by atoms with Crippen molar-refractivity contribution in [3.8, 4) is 5.69 Å². The van der Waals surface area contributed by atoms with Crippen molar-refractivity contribution >= 4 is 17.5 Å². The Bertz CT molecular complexity index is 726. The lowest BCUT2D eigenvalue weighted by Gasteiger charge is -2.17. The Morgan fingerprint density at radius 2 is 2.26 bits per heavy atom. The van der Waals surface area contributed by atoms with Crippen molar-refractivity contribution < 1.29 is 9.90 Å². The van der Waals surface area contributed by atoms with Crippen LogP contribution in [0.3, 0.4) is 0 Å². The van der Waals surface area contributed by atoms with Gasteiger partial charge in [-0.1, -0.05) is 17.7 Å². The highest BCUT2D eigenvalue weighted by Crippen LogP contribution is 2.24.